The summed E-state index contributed by atoms with van der Waals surface area (Å²) in [5, 5.41) is 12.5. The van der Waals surface area contributed by atoms with E-state index in [2.05, 4.69) is 10.5 Å². The number of benzene rings is 1. The van der Waals surface area contributed by atoms with Gasteiger partial charge in [0.1, 0.15) is 11.6 Å². The molecule has 5 nitrogen and oxygen atoms in total. The molecule has 19 heavy (non-hydrogen) atoms. The van der Waals surface area contributed by atoms with E-state index >= 15 is 0 Å². The fraction of sp³-hybridized carbons (Fsp3) is 0.333. The van der Waals surface area contributed by atoms with E-state index in [1.165, 1.54) is 19.9 Å². The average molecular weight is 271 g/mol. The predicted octanol–water partition coefficient (Wildman–Crippen LogP) is 1.23. The summed E-state index contributed by atoms with van der Waals surface area (Å²) >= 11 is 0. The Bertz CT molecular complexity index is 490. The van der Waals surface area contributed by atoms with Crippen LogP contribution in [0.15, 0.2) is 23.3 Å². The summed E-state index contributed by atoms with van der Waals surface area (Å²) in [6, 6.07) is 3.45. The van der Waals surface area contributed by atoms with E-state index in [1.807, 2.05) is 0 Å². The number of carbonyl (C=O) groups is 1. The quantitative estimate of drug-likeness (QED) is 0.555. The number of nitrogens with two attached hydrogens (primary N) is 1. The van der Waals surface area contributed by atoms with Crippen molar-refractivity contribution >= 4 is 11.7 Å². The lowest BCUT2D eigenvalue weighted by atomic mass is 10.0. The van der Waals surface area contributed by atoms with E-state index in [0.29, 0.717) is 0 Å². The van der Waals surface area contributed by atoms with Gasteiger partial charge in [-0.15, -0.1) is 0 Å². The highest BCUT2D eigenvalue weighted by Crippen LogP contribution is 2.11. The zero-order valence-corrected chi connectivity index (χ0v) is 10.6. The summed E-state index contributed by atoms with van der Waals surface area (Å²) in [5.41, 5.74) is 6.22. The van der Waals surface area contributed by atoms with Crippen molar-refractivity contribution in [3.05, 3.63) is 35.4 Å². The van der Waals surface area contributed by atoms with Crippen molar-refractivity contribution in [1.82, 2.24) is 5.43 Å². The van der Waals surface area contributed by atoms with Crippen LogP contribution in [0.25, 0.3) is 0 Å². The highest BCUT2D eigenvalue weighted by atomic mass is 19.1. The molecule has 1 aromatic rings. The molecule has 0 aliphatic carbocycles. The number of nitrogens with zero attached hydrogens (tertiary/aromatic N) is 1. The summed E-state index contributed by atoms with van der Waals surface area (Å²) in [6.45, 7) is 2.65. The molecule has 0 aliphatic heterocycles. The molecule has 0 spiro atoms. The molecule has 1 rings (SSSR count). The van der Waals surface area contributed by atoms with Crippen molar-refractivity contribution in [2.75, 3.05) is 0 Å². The zero-order valence-electron chi connectivity index (χ0n) is 10.6. The minimum atomic E-state index is -1.30. The number of nitrogens with one attached hydrogen (secondary N) is 1. The summed E-state index contributed by atoms with van der Waals surface area (Å²) in [6.07, 6.45) is 0. The van der Waals surface area contributed by atoms with Crippen molar-refractivity contribution in [2.45, 2.75) is 25.9 Å². The molecule has 7 heteroatoms. The standard InChI is InChI=1S/C12H15F2N3O2/c1-12(2,15)10(11(18)19)17-16-6-7-8(13)4-3-5-9(7)14/h3-5,16H,6,15H2,1-2H3,(H,18,19)/b17-10-. The number of aliphatic carboxylic acids is 1. The van der Waals surface area contributed by atoms with Gasteiger partial charge in [-0.25, -0.2) is 13.6 Å². The van der Waals surface area contributed by atoms with Crippen LogP contribution in [0, 0.1) is 11.6 Å². The zero-order chi connectivity index (χ0) is 14.6. The molecule has 0 saturated heterocycles. The number of hydrogen-bond acceptors (Lipinski definition) is 4. The van der Waals surface area contributed by atoms with Gasteiger partial charge in [0.2, 0.25) is 0 Å². The highest BCUT2D eigenvalue weighted by Gasteiger charge is 2.26. The van der Waals surface area contributed by atoms with Gasteiger partial charge in [-0.2, -0.15) is 5.10 Å². The fourth-order valence-corrected chi connectivity index (χ4v) is 1.37. The second-order valence-electron chi connectivity index (χ2n) is 4.52. The minimum absolute atomic E-state index is 0.217. The molecule has 0 fully saturated rings. The Morgan fingerprint density at radius 2 is 1.95 bits per heavy atom. The highest BCUT2D eigenvalue weighted by molar-refractivity contribution is 6.38. The lowest BCUT2D eigenvalue weighted by Crippen LogP contribution is -2.46. The van der Waals surface area contributed by atoms with Gasteiger partial charge < -0.3 is 16.3 Å². The molecule has 1 aromatic carbocycles. The van der Waals surface area contributed by atoms with Gasteiger partial charge in [0.05, 0.1) is 12.1 Å². The number of hydrazone groups is 1. The molecule has 0 aromatic heterocycles. The third-order valence-electron chi connectivity index (χ3n) is 2.32. The first-order valence-corrected chi connectivity index (χ1v) is 5.49. The lowest BCUT2D eigenvalue weighted by Gasteiger charge is -2.17. The van der Waals surface area contributed by atoms with Gasteiger partial charge in [0.15, 0.2) is 5.71 Å². The molecular formula is C12H15F2N3O2. The second-order valence-corrected chi connectivity index (χ2v) is 4.52. The van der Waals surface area contributed by atoms with Gasteiger partial charge in [-0.3, -0.25) is 0 Å². The average Bonchev–Trinajstić information content (AvgIpc) is 2.25. The van der Waals surface area contributed by atoms with E-state index in [9.17, 15) is 13.6 Å². The Hall–Kier alpha value is -2.02. The van der Waals surface area contributed by atoms with E-state index in [0.717, 1.165) is 12.1 Å². The number of carboxylic acid groups (broad SMARTS) is 1. The maximum absolute atomic E-state index is 13.3. The van der Waals surface area contributed by atoms with Gasteiger partial charge in [0, 0.05) is 5.56 Å². The van der Waals surface area contributed by atoms with Crippen molar-refractivity contribution in [3.63, 3.8) is 0 Å². The first kappa shape index (κ1) is 15.0. The third-order valence-corrected chi connectivity index (χ3v) is 2.32. The Balaban J connectivity index is 2.85. The molecule has 0 unspecified atom stereocenters. The van der Waals surface area contributed by atoms with E-state index in [1.54, 1.807) is 0 Å². The Kier molecular flexibility index (Phi) is 4.55. The van der Waals surface area contributed by atoms with Gasteiger partial charge in [-0.1, -0.05) is 6.07 Å². The van der Waals surface area contributed by atoms with Crippen LogP contribution in [0.2, 0.25) is 0 Å². The monoisotopic (exact) mass is 271 g/mol. The minimum Gasteiger partial charge on any atom is -0.477 e. The maximum atomic E-state index is 13.3. The van der Waals surface area contributed by atoms with Crippen molar-refractivity contribution in [2.24, 2.45) is 10.8 Å². The normalized spacial score (nSPS) is 12.4. The summed E-state index contributed by atoms with van der Waals surface area (Å²) in [4.78, 5) is 10.9. The fourth-order valence-electron chi connectivity index (χ4n) is 1.37. The SMILES string of the molecule is CC(C)(N)/C(=N\NCc1c(F)cccc1F)C(=O)O. The first-order chi connectivity index (χ1) is 8.73. The Morgan fingerprint density at radius 3 is 2.37 bits per heavy atom. The smallest absolute Gasteiger partial charge is 0.353 e. The van der Waals surface area contributed by atoms with E-state index in [4.69, 9.17) is 10.8 Å². The number of carboxylic acids is 1. The molecule has 0 radical (unpaired) electrons. The Labute approximate surface area is 109 Å². The predicted molar refractivity (Wildman–Crippen MR) is 66.5 cm³/mol. The molecule has 4 N–H and O–H groups in total. The molecule has 0 saturated carbocycles. The number of halogens is 2. The van der Waals surface area contributed by atoms with Crippen LogP contribution >= 0.6 is 0 Å². The van der Waals surface area contributed by atoms with Gasteiger partial charge in [0.25, 0.3) is 0 Å². The van der Waals surface area contributed by atoms with Crippen molar-refractivity contribution in [3.8, 4) is 0 Å². The molecular weight excluding hydrogens is 256 g/mol. The van der Waals surface area contributed by atoms with Crippen LogP contribution in [0.5, 0.6) is 0 Å². The molecule has 0 bridgehead atoms. The Morgan fingerprint density at radius 1 is 1.42 bits per heavy atom. The van der Waals surface area contributed by atoms with E-state index in [-0.39, 0.29) is 17.8 Å². The van der Waals surface area contributed by atoms with Gasteiger partial charge in [-0.05, 0) is 26.0 Å². The largest absolute Gasteiger partial charge is 0.477 e. The lowest BCUT2D eigenvalue weighted by molar-refractivity contribution is -0.129. The molecule has 104 valence electrons. The van der Waals surface area contributed by atoms with Crippen LogP contribution in [-0.4, -0.2) is 22.3 Å². The molecule has 0 heterocycles. The van der Waals surface area contributed by atoms with Crippen LogP contribution in [0.1, 0.15) is 19.4 Å². The topological polar surface area (TPSA) is 87.7 Å². The van der Waals surface area contributed by atoms with E-state index < -0.39 is 23.1 Å². The van der Waals surface area contributed by atoms with Gasteiger partial charge >= 0.3 is 5.97 Å². The third kappa shape index (κ3) is 3.99. The van der Waals surface area contributed by atoms with Crippen LogP contribution in [0.4, 0.5) is 8.78 Å². The van der Waals surface area contributed by atoms with Crippen LogP contribution < -0.4 is 11.2 Å². The van der Waals surface area contributed by atoms with Crippen LogP contribution in [-0.2, 0) is 11.3 Å². The maximum Gasteiger partial charge on any atom is 0.353 e. The molecule has 0 aliphatic rings. The number of hydrogen-bond donors (Lipinski definition) is 3. The van der Waals surface area contributed by atoms with Crippen LogP contribution in [0.3, 0.4) is 0 Å². The molecule has 0 amide bonds. The van der Waals surface area contributed by atoms with Crippen molar-refractivity contribution in [1.29, 1.82) is 0 Å². The first-order valence-electron chi connectivity index (χ1n) is 5.49. The van der Waals surface area contributed by atoms with Crippen molar-refractivity contribution < 1.29 is 18.7 Å². The molecule has 0 atom stereocenters. The summed E-state index contributed by atoms with van der Waals surface area (Å²) < 4.78 is 26.6. The number of rotatable bonds is 5. The second kappa shape index (κ2) is 5.75. The summed E-state index contributed by atoms with van der Waals surface area (Å²) in [7, 11) is 0. The summed E-state index contributed by atoms with van der Waals surface area (Å²) in [5.74, 6) is -2.76.